The first kappa shape index (κ1) is 80.6. The molecule has 32 heteroatoms. The quantitative estimate of drug-likeness (QED) is 0.0295. The number of benzene rings is 7. The summed E-state index contributed by atoms with van der Waals surface area (Å²) in [7, 11) is 0. The van der Waals surface area contributed by atoms with Crippen LogP contribution in [0.2, 0.25) is 0 Å². The molecule has 0 spiro atoms. The van der Waals surface area contributed by atoms with Crippen molar-refractivity contribution in [2.45, 2.75) is 143 Å². The fourth-order valence-corrected chi connectivity index (χ4v) is 16.5. The molecule has 11 aromatic rings. The number of aryl methyl sites for hydroxylation is 4. The van der Waals surface area contributed by atoms with E-state index in [2.05, 4.69) is 20.9 Å². The second kappa shape index (κ2) is 35.8. The lowest BCUT2D eigenvalue weighted by Gasteiger charge is -2.40. The summed E-state index contributed by atoms with van der Waals surface area (Å²) in [4.78, 5) is 68.9. The molecule has 4 amide bonds. The minimum atomic E-state index is -1.68. The van der Waals surface area contributed by atoms with Crippen LogP contribution >= 0.6 is 34.4 Å². The van der Waals surface area contributed by atoms with E-state index in [1.807, 2.05) is 186 Å². The number of carbonyl (C=O) groups excluding carboxylic acids is 4. The van der Waals surface area contributed by atoms with E-state index >= 15 is 0 Å². The summed E-state index contributed by atoms with van der Waals surface area (Å²) in [5, 5.41) is 135. The normalized spacial score (nSPS) is 23.6. The largest absolute Gasteiger partial charge is 0.394 e. The number of anilines is 6. The minimum Gasteiger partial charge on any atom is -0.394 e. The zero-order chi connectivity index (χ0) is 80.0. The molecule has 0 bridgehead atoms. The number of fused-ring (bicyclic) bond motifs is 2. The Hall–Kier alpha value is -10.0. The molecule has 7 aromatic carbocycles. The predicted molar refractivity (Wildman–Crippen MR) is 426 cm³/mol. The van der Waals surface area contributed by atoms with E-state index in [1.165, 1.54) is 22.7 Å². The molecule has 14 rings (SSSR count). The van der Waals surface area contributed by atoms with Gasteiger partial charge in [0.25, 0.3) is 0 Å². The van der Waals surface area contributed by atoms with Crippen molar-refractivity contribution < 1.29 is 94.7 Å². The highest BCUT2D eigenvalue weighted by atomic mass is 32.1. The number of primary amides is 1. The van der Waals surface area contributed by atoms with E-state index in [0.29, 0.717) is 68.1 Å². The molecule has 15 atom stereocenters. The Morgan fingerprint density at radius 2 is 0.658 bits per heavy atom. The Bertz CT molecular complexity index is 5040. The Kier molecular flexibility index (Phi) is 25.3. The lowest BCUT2D eigenvalue weighted by Crippen LogP contribution is -2.64. The Morgan fingerprint density at radius 3 is 0.921 bits per heavy atom. The first-order valence-electron chi connectivity index (χ1n) is 37.0. The van der Waals surface area contributed by atoms with Crippen LogP contribution in [0.25, 0.3) is 65.5 Å². The lowest BCUT2D eigenvalue weighted by atomic mass is 9.94. The Morgan fingerprint density at radius 1 is 0.377 bits per heavy atom. The average Bonchev–Trinajstić information content (AvgIpc) is 1.40. The van der Waals surface area contributed by atoms with Gasteiger partial charge in [0.1, 0.15) is 107 Å². The molecular formula is C82H84N10O19S3. The summed E-state index contributed by atoms with van der Waals surface area (Å²) in [6.45, 7) is -1.95. The number of amides is 4. The number of aromatic nitrogens is 4. The summed E-state index contributed by atoms with van der Waals surface area (Å²) in [5.74, 6) is -1.98. The fraction of sp³-hybridized carbons (Fsp3) is 0.317. The highest BCUT2D eigenvalue weighted by Gasteiger charge is 2.47. The average molecular weight is 1610 g/mol. The van der Waals surface area contributed by atoms with Crippen LogP contribution in [-0.4, -0.2) is 215 Å². The van der Waals surface area contributed by atoms with E-state index in [9.17, 15) is 80.5 Å². The molecule has 7 heterocycles. The molecule has 4 aromatic heterocycles. The third-order valence-corrected chi connectivity index (χ3v) is 23.0. The van der Waals surface area contributed by atoms with Gasteiger partial charge in [-0.05, 0) is 155 Å². The van der Waals surface area contributed by atoms with Crippen LogP contribution in [0.5, 0.6) is 0 Å². The van der Waals surface area contributed by atoms with Gasteiger partial charge in [0, 0.05) is 70.9 Å². The maximum absolute atomic E-state index is 13.3. The summed E-state index contributed by atoms with van der Waals surface area (Å²) in [6.07, 6.45) is -16.9. The molecule has 29 nitrogen and oxygen atoms in total. The maximum Gasteiger partial charge on any atom is 0.220 e. The number of aliphatic hydroxyl groups excluding tert-OH is 12. The molecule has 0 saturated carbocycles. The van der Waals surface area contributed by atoms with Gasteiger partial charge in [-0.15, -0.1) is 22.7 Å². The van der Waals surface area contributed by atoms with E-state index in [0.717, 1.165) is 71.9 Å². The van der Waals surface area contributed by atoms with Crippen molar-refractivity contribution in [3.8, 4) is 43.4 Å². The van der Waals surface area contributed by atoms with Crippen LogP contribution in [-0.2, 0) is 59.1 Å². The number of nitrogens with two attached hydrogens (primary N) is 1. The molecule has 3 fully saturated rings. The molecule has 3 aliphatic heterocycles. The van der Waals surface area contributed by atoms with Gasteiger partial charge in [-0.3, -0.25) is 19.2 Å². The van der Waals surface area contributed by atoms with Gasteiger partial charge < -0.3 is 107 Å². The number of hydrogen-bond donors (Lipinski definition) is 16. The van der Waals surface area contributed by atoms with Crippen LogP contribution in [0.4, 0.5) is 34.1 Å². The van der Waals surface area contributed by atoms with Crippen molar-refractivity contribution in [2.24, 2.45) is 5.73 Å². The zero-order valence-electron chi connectivity index (χ0n) is 61.0. The number of nitrogens with one attached hydrogen (secondary N) is 3. The van der Waals surface area contributed by atoms with Crippen LogP contribution in [0.1, 0.15) is 47.9 Å². The molecule has 3 saturated heterocycles. The van der Waals surface area contributed by atoms with Crippen molar-refractivity contribution >= 4 is 114 Å². The van der Waals surface area contributed by atoms with E-state index in [-0.39, 0.29) is 44.9 Å². The van der Waals surface area contributed by atoms with Crippen molar-refractivity contribution in [3.05, 3.63) is 203 Å². The number of carbonyl (C=O) groups is 4. The van der Waals surface area contributed by atoms with Crippen molar-refractivity contribution in [2.75, 3.05) is 29.6 Å². The predicted octanol–water partition coefficient (Wildman–Crippen LogP) is 5.33. The molecule has 594 valence electrons. The fourth-order valence-electron chi connectivity index (χ4n) is 14.5. The number of aliphatic hydroxyl groups is 12. The third-order valence-electron chi connectivity index (χ3n) is 20.7. The molecule has 3 aliphatic rings. The lowest BCUT2D eigenvalue weighted by molar-refractivity contribution is -0.253. The van der Waals surface area contributed by atoms with Gasteiger partial charge in [0.05, 0.1) is 41.3 Å². The summed E-state index contributed by atoms with van der Waals surface area (Å²) < 4.78 is 25.8. The highest BCUT2D eigenvalue weighted by Crippen LogP contribution is 2.47. The van der Waals surface area contributed by atoms with Crippen LogP contribution in [0.3, 0.4) is 0 Å². The van der Waals surface area contributed by atoms with Gasteiger partial charge in [-0.1, -0.05) is 84.9 Å². The number of ether oxygens (including phenoxy) is 3. The van der Waals surface area contributed by atoms with Crippen LogP contribution < -0.4 is 31.5 Å². The number of nitrogens with zero attached hydrogens (tertiary/aromatic N) is 6. The maximum atomic E-state index is 13.3. The molecule has 114 heavy (non-hydrogen) atoms. The number of thiophene rings is 2. The Labute approximate surface area is 664 Å². The van der Waals surface area contributed by atoms with Crippen molar-refractivity contribution in [1.82, 2.24) is 34.7 Å². The minimum absolute atomic E-state index is 0.0324. The van der Waals surface area contributed by atoms with Gasteiger partial charge in [-0.2, -0.15) is 8.75 Å². The first-order valence-corrected chi connectivity index (χ1v) is 39.5. The van der Waals surface area contributed by atoms with Gasteiger partial charge in [0.15, 0.2) is 18.9 Å². The molecular weight excluding hydrogens is 1530 g/mol. The zero-order valence-corrected chi connectivity index (χ0v) is 63.4. The third kappa shape index (κ3) is 17.5. The topological polar surface area (TPSA) is 459 Å². The summed E-state index contributed by atoms with van der Waals surface area (Å²) in [6, 6.07) is 50.5. The van der Waals surface area contributed by atoms with E-state index < -0.39 is 135 Å². The number of rotatable bonds is 28. The van der Waals surface area contributed by atoms with E-state index in [1.54, 1.807) is 0 Å². The summed E-state index contributed by atoms with van der Waals surface area (Å²) >= 11 is 4.13. The van der Waals surface area contributed by atoms with E-state index in [4.69, 9.17) is 38.7 Å². The second-order valence-electron chi connectivity index (χ2n) is 28.1. The first-order chi connectivity index (χ1) is 55.1. The standard InChI is InChI=1S/C82H84N10O19S3/c83-59(96)33-13-42-5-21-48(22-6-42)91(49-23-7-43(8-24-49)14-34-60(97)84-71-77(103)74(100)54(39-93)109-80(71)106)52-29-17-46(18-30-52)63-67-68(88-66(58-4-2-38-113-58)65(87-67)57-3-1-37-112-57)64(70-69(63)89-114-90-70)47-19-31-53(32-20-47)92(50-25-9-44(10-26-50)15-35-61(98)85-72-78(104)75(101)55(40-94)110-81(72)107)51-27-11-45(12-28-51)16-36-62(99)86-73-79(105)76(102)56(41-95)111-82(73)108/h1-12,17-32,37-38,54-56,71-82,93-95,100-108H,13-16,33-36,39-41H2,(H2,83,96)(H,84,97)(H,85,98)(H,86,99)/t54-,55-,56-,71-,72-,73?,74-,75-,76-,77-,78-,79-,80?,81?,82?/m0/s1. The van der Waals surface area contributed by atoms with Crippen molar-refractivity contribution in [1.29, 1.82) is 0 Å². The summed E-state index contributed by atoms with van der Waals surface area (Å²) in [5.41, 5.74) is 19.7. The smallest absolute Gasteiger partial charge is 0.220 e. The van der Waals surface area contributed by atoms with Crippen LogP contribution in [0.15, 0.2) is 181 Å². The van der Waals surface area contributed by atoms with Gasteiger partial charge in [0.2, 0.25) is 23.6 Å². The number of hydrogen-bond acceptors (Lipinski definition) is 28. The monoisotopic (exact) mass is 1610 g/mol. The molecule has 17 N–H and O–H groups in total. The second-order valence-corrected chi connectivity index (χ2v) is 30.6. The van der Waals surface area contributed by atoms with Crippen molar-refractivity contribution in [3.63, 3.8) is 0 Å². The molecule has 4 unspecified atom stereocenters. The van der Waals surface area contributed by atoms with Gasteiger partial charge in [-0.25, -0.2) is 9.97 Å². The SMILES string of the molecule is NC(=O)CCc1ccc(N(c2ccc(CCC(=O)N[C@@H]3C(O)O[C@@H](CO)[C@H](O)[C@H]3O)cc2)c2ccc(-c3c4nsnc4c(-c4ccc(N(c5ccc(CCC(=O)NC6C(O)O[C@@H](CO)[C@H](O)[C@H]6O)cc5)c5ccc(CCC(=O)N[C@@H]6C(O)O[C@@H](CO)[C@H](O)[C@H]6O)cc5)cc4)c4nc(-c5cccs5)c(-c5cccs5)nc34)cc2)cc1. The van der Waals surface area contributed by atoms with Crippen LogP contribution in [0, 0.1) is 0 Å². The molecule has 0 aliphatic carbocycles. The highest BCUT2D eigenvalue weighted by molar-refractivity contribution is 7.14. The van der Waals surface area contributed by atoms with Gasteiger partial charge >= 0.3 is 0 Å². The Balaban J connectivity index is 0.793. The molecule has 0 radical (unpaired) electrons.